The molecule has 0 saturated heterocycles. The first kappa shape index (κ1) is 17.9. The van der Waals surface area contributed by atoms with Crippen LogP contribution < -0.4 is 10.1 Å². The van der Waals surface area contributed by atoms with Crippen LogP contribution in [0, 0.1) is 20.2 Å². The molecule has 0 spiro atoms. The highest BCUT2D eigenvalue weighted by Crippen LogP contribution is 2.23. The van der Waals surface area contributed by atoms with Gasteiger partial charge in [0.05, 0.1) is 28.6 Å². The van der Waals surface area contributed by atoms with Gasteiger partial charge in [-0.05, 0) is 18.1 Å². The molecule has 0 radical (unpaired) electrons. The molecule has 0 atom stereocenters. The van der Waals surface area contributed by atoms with Crippen molar-refractivity contribution in [2.45, 2.75) is 6.42 Å². The summed E-state index contributed by atoms with van der Waals surface area (Å²) >= 11 is 0. The van der Waals surface area contributed by atoms with Gasteiger partial charge in [-0.25, -0.2) is 0 Å². The zero-order chi connectivity index (χ0) is 18.4. The molecule has 9 nitrogen and oxygen atoms in total. The fourth-order valence-corrected chi connectivity index (χ4v) is 2.26. The average molecular weight is 345 g/mol. The minimum Gasteiger partial charge on any atom is -0.496 e. The van der Waals surface area contributed by atoms with Crippen molar-refractivity contribution >= 4 is 17.3 Å². The standard InChI is InChI=1S/C16H15N3O6/c1-25-15-5-3-2-4-11(15)6-7-17-16(20)12-8-13(18(21)22)10-14(9-12)19(23)24/h2-5,8-10H,6-7H2,1H3,(H,17,20). The SMILES string of the molecule is COc1ccccc1CCNC(=O)c1cc([N+](=O)[O-])cc([N+](=O)[O-])c1. The lowest BCUT2D eigenvalue weighted by molar-refractivity contribution is -0.394. The van der Waals surface area contributed by atoms with Gasteiger partial charge in [-0.3, -0.25) is 25.0 Å². The number of benzene rings is 2. The van der Waals surface area contributed by atoms with E-state index < -0.39 is 27.1 Å². The van der Waals surface area contributed by atoms with Crippen molar-refractivity contribution in [1.29, 1.82) is 0 Å². The topological polar surface area (TPSA) is 125 Å². The molecule has 0 unspecified atom stereocenters. The minimum absolute atomic E-state index is 0.138. The second-order valence-corrected chi connectivity index (χ2v) is 5.07. The van der Waals surface area contributed by atoms with Crippen LogP contribution in [0.5, 0.6) is 5.75 Å². The van der Waals surface area contributed by atoms with Crippen LogP contribution in [0.3, 0.4) is 0 Å². The predicted molar refractivity (Wildman–Crippen MR) is 88.8 cm³/mol. The summed E-state index contributed by atoms with van der Waals surface area (Å²) in [6.45, 7) is 0.246. The summed E-state index contributed by atoms with van der Waals surface area (Å²) in [7, 11) is 1.54. The van der Waals surface area contributed by atoms with Crippen molar-refractivity contribution < 1.29 is 19.4 Å². The summed E-state index contributed by atoms with van der Waals surface area (Å²) in [5.41, 5.74) is -0.274. The molecule has 0 aliphatic carbocycles. The first-order valence-electron chi connectivity index (χ1n) is 7.26. The van der Waals surface area contributed by atoms with Crippen LogP contribution in [-0.4, -0.2) is 29.4 Å². The molecule has 1 N–H and O–H groups in total. The lowest BCUT2D eigenvalue weighted by Gasteiger charge is -2.09. The third kappa shape index (κ3) is 4.50. The summed E-state index contributed by atoms with van der Waals surface area (Å²) < 4.78 is 5.21. The van der Waals surface area contributed by atoms with Crippen LogP contribution in [0.15, 0.2) is 42.5 Å². The molecular formula is C16H15N3O6. The normalized spacial score (nSPS) is 10.1. The van der Waals surface area contributed by atoms with E-state index in [1.165, 1.54) is 0 Å². The largest absolute Gasteiger partial charge is 0.496 e. The number of nitrogens with zero attached hydrogens (tertiary/aromatic N) is 2. The van der Waals surface area contributed by atoms with Gasteiger partial charge in [0.25, 0.3) is 17.3 Å². The zero-order valence-electron chi connectivity index (χ0n) is 13.3. The number of rotatable bonds is 7. The van der Waals surface area contributed by atoms with Gasteiger partial charge in [-0.2, -0.15) is 0 Å². The second kappa shape index (κ2) is 7.86. The van der Waals surface area contributed by atoms with Gasteiger partial charge in [0, 0.05) is 18.7 Å². The molecule has 0 heterocycles. The number of hydrogen-bond acceptors (Lipinski definition) is 6. The maximum atomic E-state index is 12.2. The van der Waals surface area contributed by atoms with E-state index in [1.807, 2.05) is 18.2 Å². The van der Waals surface area contributed by atoms with Crippen molar-refractivity contribution in [2.75, 3.05) is 13.7 Å². The Balaban J connectivity index is 2.10. The fourth-order valence-electron chi connectivity index (χ4n) is 2.26. The molecule has 0 aromatic heterocycles. The van der Waals surface area contributed by atoms with Gasteiger partial charge < -0.3 is 10.1 Å². The molecule has 1 amide bonds. The predicted octanol–water partition coefficient (Wildman–Crippen LogP) is 2.48. The molecule has 130 valence electrons. The number of nitro benzene ring substituents is 2. The van der Waals surface area contributed by atoms with Gasteiger partial charge in [0.15, 0.2) is 0 Å². The number of methoxy groups -OCH3 is 1. The van der Waals surface area contributed by atoms with Gasteiger partial charge in [-0.1, -0.05) is 18.2 Å². The Kier molecular flexibility index (Phi) is 5.62. The minimum atomic E-state index is -0.779. The maximum absolute atomic E-state index is 12.2. The molecular weight excluding hydrogens is 330 g/mol. The van der Waals surface area contributed by atoms with Crippen LogP contribution in [0.4, 0.5) is 11.4 Å². The van der Waals surface area contributed by atoms with E-state index in [9.17, 15) is 25.0 Å². The summed E-state index contributed by atoms with van der Waals surface area (Å²) in [5, 5.41) is 24.3. The van der Waals surface area contributed by atoms with E-state index in [2.05, 4.69) is 5.32 Å². The molecule has 0 aliphatic rings. The zero-order valence-corrected chi connectivity index (χ0v) is 13.3. The summed E-state index contributed by atoms with van der Waals surface area (Å²) in [6.07, 6.45) is 0.479. The van der Waals surface area contributed by atoms with Crippen LogP contribution in [0.25, 0.3) is 0 Å². The highest BCUT2D eigenvalue weighted by molar-refractivity contribution is 5.95. The Morgan fingerprint density at radius 1 is 1.08 bits per heavy atom. The molecule has 0 aliphatic heterocycles. The van der Waals surface area contributed by atoms with E-state index in [4.69, 9.17) is 4.74 Å². The average Bonchev–Trinajstić information content (AvgIpc) is 2.61. The number of amides is 1. The van der Waals surface area contributed by atoms with Crippen molar-refractivity contribution in [3.63, 3.8) is 0 Å². The van der Waals surface area contributed by atoms with Crippen molar-refractivity contribution in [1.82, 2.24) is 5.32 Å². The molecule has 9 heteroatoms. The van der Waals surface area contributed by atoms with Crippen LogP contribution in [0.1, 0.15) is 15.9 Å². The summed E-state index contributed by atoms with van der Waals surface area (Å²) in [6, 6.07) is 10.1. The van der Waals surface area contributed by atoms with E-state index in [-0.39, 0.29) is 12.1 Å². The number of para-hydroxylation sites is 1. The van der Waals surface area contributed by atoms with Gasteiger partial charge in [0.2, 0.25) is 0 Å². The fraction of sp³-hybridized carbons (Fsp3) is 0.188. The van der Waals surface area contributed by atoms with Crippen LogP contribution >= 0.6 is 0 Å². The lowest BCUT2D eigenvalue weighted by atomic mass is 10.1. The van der Waals surface area contributed by atoms with E-state index in [1.54, 1.807) is 13.2 Å². The van der Waals surface area contributed by atoms with Crippen molar-refractivity contribution in [3.8, 4) is 5.75 Å². The molecule has 2 rings (SSSR count). The second-order valence-electron chi connectivity index (χ2n) is 5.07. The van der Waals surface area contributed by atoms with Crippen LogP contribution in [0.2, 0.25) is 0 Å². The van der Waals surface area contributed by atoms with E-state index >= 15 is 0 Å². The number of nitro groups is 2. The highest BCUT2D eigenvalue weighted by Gasteiger charge is 2.19. The molecule has 2 aromatic carbocycles. The Labute approximate surface area is 142 Å². The number of hydrogen-bond donors (Lipinski definition) is 1. The third-order valence-electron chi connectivity index (χ3n) is 3.46. The Morgan fingerprint density at radius 3 is 2.24 bits per heavy atom. The monoisotopic (exact) mass is 345 g/mol. The molecule has 2 aromatic rings. The number of carbonyl (C=O) groups is 1. The highest BCUT2D eigenvalue weighted by atomic mass is 16.6. The maximum Gasteiger partial charge on any atom is 0.277 e. The van der Waals surface area contributed by atoms with Crippen molar-refractivity contribution in [2.24, 2.45) is 0 Å². The smallest absolute Gasteiger partial charge is 0.277 e. The first-order chi connectivity index (χ1) is 11.9. The first-order valence-corrected chi connectivity index (χ1v) is 7.26. The molecule has 0 fully saturated rings. The molecule has 0 bridgehead atoms. The molecule has 0 saturated carbocycles. The Hall–Kier alpha value is -3.49. The number of carbonyl (C=O) groups excluding carboxylic acids is 1. The summed E-state index contributed by atoms with van der Waals surface area (Å²) in [5.74, 6) is 0.0597. The Bertz CT molecular complexity index is 789. The van der Waals surface area contributed by atoms with E-state index in [0.717, 1.165) is 23.8 Å². The summed E-state index contributed by atoms with van der Waals surface area (Å²) in [4.78, 5) is 32.3. The van der Waals surface area contributed by atoms with Gasteiger partial charge in [0.1, 0.15) is 5.75 Å². The third-order valence-corrected chi connectivity index (χ3v) is 3.46. The number of non-ortho nitro benzene ring substituents is 2. The van der Waals surface area contributed by atoms with Crippen molar-refractivity contribution in [3.05, 3.63) is 73.8 Å². The van der Waals surface area contributed by atoms with Crippen LogP contribution in [-0.2, 0) is 6.42 Å². The number of ether oxygens (including phenoxy) is 1. The number of nitrogens with one attached hydrogen (secondary N) is 1. The Morgan fingerprint density at radius 2 is 1.68 bits per heavy atom. The lowest BCUT2D eigenvalue weighted by Crippen LogP contribution is -2.26. The molecule has 25 heavy (non-hydrogen) atoms. The quantitative estimate of drug-likeness (QED) is 0.607. The van der Waals surface area contributed by atoms with E-state index in [0.29, 0.717) is 12.2 Å². The van der Waals surface area contributed by atoms with Gasteiger partial charge in [-0.15, -0.1) is 0 Å². The van der Waals surface area contributed by atoms with Gasteiger partial charge >= 0.3 is 0 Å².